The molecule has 3 rings (SSSR count). The van der Waals surface area contributed by atoms with E-state index in [0.29, 0.717) is 28.4 Å². The minimum atomic E-state index is -0.996. The van der Waals surface area contributed by atoms with Gasteiger partial charge in [0.25, 0.3) is 0 Å². The summed E-state index contributed by atoms with van der Waals surface area (Å²) in [7, 11) is 4.64. The molecule has 0 amide bonds. The van der Waals surface area contributed by atoms with Gasteiger partial charge < -0.3 is 24.1 Å². The first kappa shape index (κ1) is 18.4. The molecular weight excluding hydrogens is 348 g/mol. The average Bonchev–Trinajstić information content (AvgIpc) is 2.70. The number of carboxylic acids is 1. The quantitative estimate of drug-likeness (QED) is 0.675. The van der Waals surface area contributed by atoms with Gasteiger partial charge in [0.05, 0.1) is 26.9 Å². The monoisotopic (exact) mass is 368 g/mol. The number of rotatable bonds is 7. The van der Waals surface area contributed by atoms with Crippen molar-refractivity contribution in [1.82, 2.24) is 0 Å². The number of benzene rings is 3. The Bertz CT molecular complexity index is 949. The van der Waals surface area contributed by atoms with Crippen LogP contribution in [0.25, 0.3) is 10.8 Å². The molecule has 0 spiro atoms. The van der Waals surface area contributed by atoms with Crippen molar-refractivity contribution in [3.8, 4) is 23.0 Å². The van der Waals surface area contributed by atoms with Crippen LogP contribution in [0.2, 0.25) is 0 Å². The fraction of sp³-hybridized carbons (Fsp3) is 0.190. The molecule has 0 radical (unpaired) electrons. The molecule has 0 aliphatic carbocycles. The summed E-state index contributed by atoms with van der Waals surface area (Å²) in [5.74, 6) is 1.06. The highest BCUT2D eigenvalue weighted by Crippen LogP contribution is 2.38. The van der Waals surface area contributed by atoms with Crippen LogP contribution in [0.4, 0.5) is 0 Å². The van der Waals surface area contributed by atoms with Crippen molar-refractivity contribution < 1.29 is 28.8 Å². The summed E-state index contributed by atoms with van der Waals surface area (Å²) in [6, 6.07) is 14.2. The number of hydrogen-bond acceptors (Lipinski definition) is 5. The third kappa shape index (κ3) is 3.60. The van der Waals surface area contributed by atoms with Gasteiger partial charge in [-0.3, -0.25) is 0 Å². The van der Waals surface area contributed by atoms with E-state index < -0.39 is 5.97 Å². The SMILES string of the molecule is COc1cc(COc2cccc3cccc(C(=O)O)c23)cc(OC)c1OC. The van der Waals surface area contributed by atoms with Crippen LogP contribution in [0, 0.1) is 0 Å². The molecule has 0 atom stereocenters. The standard InChI is InChI=1S/C21H20O6/c1-24-17-10-13(11-18(25-2)20(17)26-3)12-27-16-9-5-7-14-6-4-8-15(19(14)16)21(22)23/h4-11H,12H2,1-3H3,(H,22,23). The highest BCUT2D eigenvalue weighted by molar-refractivity contribution is 6.06. The maximum atomic E-state index is 11.6. The number of carboxylic acid groups (broad SMARTS) is 1. The lowest BCUT2D eigenvalue weighted by Gasteiger charge is -2.15. The van der Waals surface area contributed by atoms with E-state index in [4.69, 9.17) is 18.9 Å². The van der Waals surface area contributed by atoms with Gasteiger partial charge >= 0.3 is 5.97 Å². The summed E-state index contributed by atoms with van der Waals surface area (Å²) >= 11 is 0. The minimum Gasteiger partial charge on any atom is -0.493 e. The third-order valence-electron chi connectivity index (χ3n) is 4.22. The van der Waals surface area contributed by atoms with Crippen LogP contribution in [-0.4, -0.2) is 32.4 Å². The topological polar surface area (TPSA) is 74.2 Å². The average molecular weight is 368 g/mol. The molecule has 6 nitrogen and oxygen atoms in total. The van der Waals surface area contributed by atoms with Gasteiger partial charge in [0.1, 0.15) is 12.4 Å². The van der Waals surface area contributed by atoms with Crippen molar-refractivity contribution in [3.63, 3.8) is 0 Å². The summed E-state index contributed by atoms with van der Waals surface area (Å²) in [6.45, 7) is 0.212. The molecule has 27 heavy (non-hydrogen) atoms. The number of ether oxygens (including phenoxy) is 4. The van der Waals surface area contributed by atoms with E-state index in [2.05, 4.69) is 0 Å². The second kappa shape index (κ2) is 7.86. The fourth-order valence-corrected chi connectivity index (χ4v) is 2.98. The van der Waals surface area contributed by atoms with Crippen LogP contribution in [0.5, 0.6) is 23.0 Å². The van der Waals surface area contributed by atoms with Crippen molar-refractivity contribution in [3.05, 3.63) is 59.7 Å². The van der Waals surface area contributed by atoms with Gasteiger partial charge in [-0.1, -0.05) is 24.3 Å². The third-order valence-corrected chi connectivity index (χ3v) is 4.22. The van der Waals surface area contributed by atoms with Crippen molar-refractivity contribution >= 4 is 16.7 Å². The highest BCUT2D eigenvalue weighted by atomic mass is 16.5. The van der Waals surface area contributed by atoms with E-state index in [-0.39, 0.29) is 12.2 Å². The Morgan fingerprint density at radius 2 is 1.52 bits per heavy atom. The number of aromatic carboxylic acids is 1. The molecule has 3 aromatic rings. The molecule has 0 aliphatic rings. The lowest BCUT2D eigenvalue weighted by atomic mass is 10.0. The molecule has 1 N–H and O–H groups in total. The summed E-state index contributed by atoms with van der Waals surface area (Å²) in [5, 5.41) is 10.9. The molecule has 0 saturated carbocycles. The van der Waals surface area contributed by atoms with Crippen LogP contribution < -0.4 is 18.9 Å². The Morgan fingerprint density at radius 3 is 2.07 bits per heavy atom. The Balaban J connectivity index is 1.97. The summed E-state index contributed by atoms with van der Waals surface area (Å²) in [6.07, 6.45) is 0. The second-order valence-corrected chi connectivity index (χ2v) is 5.79. The first-order valence-corrected chi connectivity index (χ1v) is 8.25. The van der Waals surface area contributed by atoms with Gasteiger partial charge in [-0.2, -0.15) is 0 Å². The Morgan fingerprint density at radius 1 is 0.889 bits per heavy atom. The molecule has 3 aromatic carbocycles. The molecular formula is C21H20O6. The molecule has 0 heterocycles. The Hall–Kier alpha value is -3.41. The Labute approximate surface area is 156 Å². The molecule has 0 bridgehead atoms. The van der Waals surface area contributed by atoms with Crippen molar-refractivity contribution in [2.75, 3.05) is 21.3 Å². The maximum absolute atomic E-state index is 11.6. The van der Waals surface area contributed by atoms with Gasteiger partial charge in [-0.25, -0.2) is 4.79 Å². The van der Waals surface area contributed by atoms with Crippen LogP contribution >= 0.6 is 0 Å². The van der Waals surface area contributed by atoms with Crippen LogP contribution in [0.15, 0.2) is 48.5 Å². The van der Waals surface area contributed by atoms with E-state index >= 15 is 0 Å². The molecule has 0 aromatic heterocycles. The van der Waals surface area contributed by atoms with Crippen LogP contribution in [0.1, 0.15) is 15.9 Å². The second-order valence-electron chi connectivity index (χ2n) is 5.79. The number of methoxy groups -OCH3 is 3. The van der Waals surface area contributed by atoms with Gasteiger partial charge in [0.2, 0.25) is 5.75 Å². The predicted octanol–water partition coefficient (Wildman–Crippen LogP) is 4.14. The summed E-state index contributed by atoms with van der Waals surface area (Å²) in [4.78, 5) is 11.6. The lowest BCUT2D eigenvalue weighted by Crippen LogP contribution is -2.02. The first-order chi connectivity index (χ1) is 13.1. The molecule has 140 valence electrons. The lowest BCUT2D eigenvalue weighted by molar-refractivity contribution is 0.0698. The van der Waals surface area contributed by atoms with Gasteiger partial charge in [-0.15, -0.1) is 0 Å². The largest absolute Gasteiger partial charge is 0.493 e. The van der Waals surface area contributed by atoms with Crippen molar-refractivity contribution in [2.24, 2.45) is 0 Å². The molecule has 0 aliphatic heterocycles. The smallest absolute Gasteiger partial charge is 0.336 e. The van der Waals surface area contributed by atoms with E-state index in [9.17, 15) is 9.90 Å². The van der Waals surface area contributed by atoms with E-state index in [0.717, 1.165) is 10.9 Å². The molecule has 0 saturated heterocycles. The van der Waals surface area contributed by atoms with E-state index in [1.807, 2.05) is 18.2 Å². The zero-order valence-electron chi connectivity index (χ0n) is 15.3. The van der Waals surface area contributed by atoms with E-state index in [1.165, 1.54) is 0 Å². The van der Waals surface area contributed by atoms with Crippen molar-refractivity contribution in [2.45, 2.75) is 6.61 Å². The summed E-state index contributed by atoms with van der Waals surface area (Å²) < 4.78 is 22.0. The first-order valence-electron chi connectivity index (χ1n) is 8.25. The predicted molar refractivity (Wildman–Crippen MR) is 101 cm³/mol. The molecule has 0 fully saturated rings. The van der Waals surface area contributed by atoms with Gasteiger partial charge in [0.15, 0.2) is 11.5 Å². The highest BCUT2D eigenvalue weighted by Gasteiger charge is 2.15. The minimum absolute atomic E-state index is 0.202. The molecule has 0 unspecified atom stereocenters. The molecule has 6 heteroatoms. The number of fused-ring (bicyclic) bond motifs is 1. The number of carbonyl (C=O) groups is 1. The maximum Gasteiger partial charge on any atom is 0.336 e. The fourth-order valence-electron chi connectivity index (χ4n) is 2.98. The zero-order valence-corrected chi connectivity index (χ0v) is 15.3. The van der Waals surface area contributed by atoms with Crippen LogP contribution in [-0.2, 0) is 6.61 Å². The van der Waals surface area contributed by atoms with E-state index in [1.54, 1.807) is 51.7 Å². The summed E-state index contributed by atoms with van der Waals surface area (Å²) in [5.41, 5.74) is 1.00. The number of hydrogen-bond donors (Lipinski definition) is 1. The van der Waals surface area contributed by atoms with Crippen LogP contribution in [0.3, 0.4) is 0 Å². The Kier molecular flexibility index (Phi) is 5.35. The van der Waals surface area contributed by atoms with Crippen molar-refractivity contribution in [1.29, 1.82) is 0 Å². The van der Waals surface area contributed by atoms with Gasteiger partial charge in [-0.05, 0) is 35.2 Å². The van der Waals surface area contributed by atoms with Gasteiger partial charge in [0, 0.05) is 5.39 Å². The zero-order chi connectivity index (χ0) is 19.4. The normalized spacial score (nSPS) is 10.5.